The molecule has 0 bridgehead atoms. The standard InChI is InChI=1S/C85H166O17P2/c1-8-11-12-49-59-66-82(87)95-72-80(101-84(89)68-61-55-48-42-36-30-24-23-27-33-39-45-52-58-65-78(7)10-3)74-99-103(91,92)97-70-79(86)71-98-104(93,94)100-75-81(73-96-83(88)67-60-53-46-40-34-28-21-18-17-19-25-31-37-43-50-56-63-76(4)5)102-85(90)69-62-54-47-41-35-29-22-16-14-13-15-20-26-32-38-44-51-57-64-77(6)9-2/h76-81,86H,8-75H2,1-7H3,(H,91,92)(H,93,94)/t77?,78?,79-,80+,81+/m0/s1. The van der Waals surface area contributed by atoms with E-state index in [4.69, 9.17) is 37.0 Å². The summed E-state index contributed by atoms with van der Waals surface area (Å²) in [7, 11) is -9.92. The van der Waals surface area contributed by atoms with E-state index in [0.717, 1.165) is 114 Å². The second-order valence-corrected chi connectivity index (χ2v) is 34.4. The third-order valence-corrected chi connectivity index (χ3v) is 22.5. The summed E-state index contributed by atoms with van der Waals surface area (Å²) in [4.78, 5) is 72.9. The molecule has 17 nitrogen and oxygen atoms in total. The lowest BCUT2D eigenvalue weighted by Gasteiger charge is -2.21. The van der Waals surface area contributed by atoms with Crippen molar-refractivity contribution in [3.05, 3.63) is 0 Å². The van der Waals surface area contributed by atoms with Gasteiger partial charge in [-0.3, -0.25) is 37.3 Å². The molecular formula is C85H166O17P2. The van der Waals surface area contributed by atoms with E-state index in [0.29, 0.717) is 25.7 Å². The lowest BCUT2D eigenvalue weighted by atomic mass is 9.99. The summed E-state index contributed by atoms with van der Waals surface area (Å²) in [6.45, 7) is 12.0. The Morgan fingerprint density at radius 3 is 0.731 bits per heavy atom. The summed E-state index contributed by atoms with van der Waals surface area (Å²) in [6, 6.07) is 0. The fourth-order valence-corrected chi connectivity index (χ4v) is 14.7. The van der Waals surface area contributed by atoms with Gasteiger partial charge in [-0.2, -0.15) is 0 Å². The first-order valence-corrected chi connectivity index (χ1v) is 46.9. The number of aliphatic hydroxyl groups excluding tert-OH is 1. The highest BCUT2D eigenvalue weighted by Gasteiger charge is 2.30. The van der Waals surface area contributed by atoms with Gasteiger partial charge < -0.3 is 33.8 Å². The van der Waals surface area contributed by atoms with Crippen molar-refractivity contribution in [1.29, 1.82) is 0 Å². The van der Waals surface area contributed by atoms with E-state index in [1.54, 1.807) is 0 Å². The highest BCUT2D eigenvalue weighted by atomic mass is 31.2. The monoisotopic (exact) mass is 1520 g/mol. The lowest BCUT2D eigenvalue weighted by Crippen LogP contribution is -2.30. The minimum atomic E-state index is -4.96. The zero-order chi connectivity index (χ0) is 76.5. The molecule has 0 aliphatic heterocycles. The second kappa shape index (κ2) is 75.1. The highest BCUT2D eigenvalue weighted by molar-refractivity contribution is 7.47. The maximum atomic E-state index is 13.1. The van der Waals surface area contributed by atoms with Gasteiger partial charge in [0.25, 0.3) is 0 Å². The normalized spacial score (nSPS) is 14.4. The average molecular weight is 1520 g/mol. The van der Waals surface area contributed by atoms with E-state index >= 15 is 0 Å². The molecule has 0 fully saturated rings. The number of hydrogen-bond acceptors (Lipinski definition) is 15. The molecule has 3 N–H and O–H groups in total. The van der Waals surface area contributed by atoms with Crippen LogP contribution in [-0.2, 0) is 65.4 Å². The van der Waals surface area contributed by atoms with Crippen molar-refractivity contribution < 1.29 is 80.2 Å². The largest absolute Gasteiger partial charge is 0.472 e. The molecule has 0 heterocycles. The lowest BCUT2D eigenvalue weighted by molar-refractivity contribution is -0.161. The van der Waals surface area contributed by atoms with Gasteiger partial charge in [-0.1, -0.05) is 395 Å². The Hall–Kier alpha value is -1.94. The molecule has 0 aromatic heterocycles. The molecule has 618 valence electrons. The zero-order valence-electron chi connectivity index (χ0n) is 68.5. The van der Waals surface area contributed by atoms with Gasteiger partial charge in [0.05, 0.1) is 26.4 Å². The second-order valence-electron chi connectivity index (χ2n) is 31.5. The number of rotatable bonds is 83. The summed E-state index contributed by atoms with van der Waals surface area (Å²) >= 11 is 0. The van der Waals surface area contributed by atoms with Gasteiger partial charge >= 0.3 is 39.5 Å². The number of aliphatic hydroxyl groups is 1. The number of carbonyl (C=O) groups is 4. The van der Waals surface area contributed by atoms with E-state index in [-0.39, 0.29) is 25.7 Å². The molecule has 19 heteroatoms. The first-order valence-electron chi connectivity index (χ1n) is 43.9. The topological polar surface area (TPSA) is 237 Å². The van der Waals surface area contributed by atoms with Crippen LogP contribution in [0.5, 0.6) is 0 Å². The first-order chi connectivity index (χ1) is 50.3. The minimum absolute atomic E-state index is 0.107. The maximum Gasteiger partial charge on any atom is 0.472 e. The van der Waals surface area contributed by atoms with Crippen molar-refractivity contribution in [2.75, 3.05) is 39.6 Å². The number of carbonyl (C=O) groups excluding carboxylic acids is 4. The molecular weight excluding hydrogens is 1350 g/mol. The van der Waals surface area contributed by atoms with Crippen LogP contribution in [0.1, 0.15) is 447 Å². The smallest absolute Gasteiger partial charge is 0.462 e. The van der Waals surface area contributed by atoms with Gasteiger partial charge in [-0.05, 0) is 43.4 Å². The molecule has 0 radical (unpaired) electrons. The molecule has 0 rings (SSSR count). The van der Waals surface area contributed by atoms with Crippen LogP contribution in [0.3, 0.4) is 0 Å². The van der Waals surface area contributed by atoms with Crippen LogP contribution >= 0.6 is 15.6 Å². The Kier molecular flexibility index (Phi) is 73.7. The van der Waals surface area contributed by atoms with Crippen LogP contribution in [-0.4, -0.2) is 96.7 Å². The Bertz CT molecular complexity index is 2010. The Morgan fingerprint density at radius 2 is 0.490 bits per heavy atom. The Balaban J connectivity index is 5.11. The number of phosphoric ester groups is 2. The molecule has 4 unspecified atom stereocenters. The number of unbranched alkanes of at least 4 members (excludes halogenated alkanes) is 49. The SMILES string of the molecule is CCCCCCCC(=O)OC[C@H](COP(=O)(O)OC[C@H](O)COP(=O)(O)OC[C@@H](COC(=O)CCCCCCCCCCCCCCCCCCC(C)C)OC(=O)CCCCCCCCCCCCCCCCCCCCC(C)CC)OC(=O)CCCCCCCCCCCCCCCCC(C)CC. The molecule has 0 saturated heterocycles. The van der Waals surface area contributed by atoms with Crippen LogP contribution < -0.4 is 0 Å². The van der Waals surface area contributed by atoms with Crippen molar-refractivity contribution in [3.63, 3.8) is 0 Å². The van der Waals surface area contributed by atoms with Crippen LogP contribution in [0.4, 0.5) is 0 Å². The van der Waals surface area contributed by atoms with E-state index in [2.05, 4.69) is 48.5 Å². The zero-order valence-corrected chi connectivity index (χ0v) is 70.3. The van der Waals surface area contributed by atoms with Crippen molar-refractivity contribution >= 4 is 39.5 Å². The first kappa shape index (κ1) is 102. The van der Waals surface area contributed by atoms with Crippen molar-refractivity contribution in [3.8, 4) is 0 Å². The predicted molar refractivity (Wildman–Crippen MR) is 428 cm³/mol. The summed E-state index contributed by atoms with van der Waals surface area (Å²) in [5.41, 5.74) is 0. The maximum absolute atomic E-state index is 13.1. The van der Waals surface area contributed by atoms with Gasteiger partial charge in [-0.25, -0.2) is 9.13 Å². The van der Waals surface area contributed by atoms with Crippen molar-refractivity contribution in [1.82, 2.24) is 0 Å². The predicted octanol–water partition coefficient (Wildman–Crippen LogP) is 25.7. The van der Waals surface area contributed by atoms with Crippen molar-refractivity contribution in [2.24, 2.45) is 17.8 Å². The third-order valence-electron chi connectivity index (χ3n) is 20.6. The molecule has 0 aromatic rings. The van der Waals surface area contributed by atoms with E-state index in [1.165, 1.54) is 250 Å². The van der Waals surface area contributed by atoms with E-state index in [9.17, 15) is 43.2 Å². The van der Waals surface area contributed by atoms with Crippen molar-refractivity contribution in [2.45, 2.75) is 465 Å². The molecule has 0 aliphatic rings. The molecule has 0 aromatic carbocycles. The fraction of sp³-hybridized carbons (Fsp3) is 0.953. The molecule has 104 heavy (non-hydrogen) atoms. The highest BCUT2D eigenvalue weighted by Crippen LogP contribution is 2.45. The molecule has 0 amide bonds. The van der Waals surface area contributed by atoms with Gasteiger partial charge in [-0.15, -0.1) is 0 Å². The third kappa shape index (κ3) is 75.5. The summed E-state index contributed by atoms with van der Waals surface area (Å²) < 4.78 is 68.6. The molecule has 7 atom stereocenters. The number of ether oxygens (including phenoxy) is 4. The molecule has 0 saturated carbocycles. The number of esters is 4. The summed E-state index contributed by atoms with van der Waals surface area (Å²) in [5, 5.41) is 10.6. The van der Waals surface area contributed by atoms with Crippen LogP contribution in [0, 0.1) is 17.8 Å². The minimum Gasteiger partial charge on any atom is -0.462 e. The molecule has 0 aliphatic carbocycles. The van der Waals surface area contributed by atoms with E-state index in [1.807, 2.05) is 0 Å². The quantitative estimate of drug-likeness (QED) is 0.0222. The average Bonchev–Trinajstić information content (AvgIpc) is 0.964. The van der Waals surface area contributed by atoms with Gasteiger partial charge in [0.1, 0.15) is 19.3 Å². The van der Waals surface area contributed by atoms with E-state index < -0.39 is 97.5 Å². The summed E-state index contributed by atoms with van der Waals surface area (Å²) in [6.07, 6.45) is 65.6. The number of phosphoric acid groups is 2. The molecule has 0 spiro atoms. The van der Waals surface area contributed by atoms with Gasteiger partial charge in [0.15, 0.2) is 12.2 Å². The van der Waals surface area contributed by atoms with Crippen LogP contribution in [0.25, 0.3) is 0 Å². The van der Waals surface area contributed by atoms with Gasteiger partial charge in [0.2, 0.25) is 0 Å². The van der Waals surface area contributed by atoms with Gasteiger partial charge in [0, 0.05) is 25.7 Å². The number of hydrogen-bond donors (Lipinski definition) is 3. The fourth-order valence-electron chi connectivity index (χ4n) is 13.1. The Morgan fingerprint density at radius 1 is 0.279 bits per heavy atom. The summed E-state index contributed by atoms with van der Waals surface area (Å²) in [5.74, 6) is 0.412. The van der Waals surface area contributed by atoms with Crippen LogP contribution in [0.2, 0.25) is 0 Å². The Labute approximate surface area is 638 Å². The van der Waals surface area contributed by atoms with Crippen LogP contribution in [0.15, 0.2) is 0 Å².